The van der Waals surface area contributed by atoms with Crippen LogP contribution in [0.15, 0.2) is 42.5 Å². The van der Waals surface area contributed by atoms with E-state index in [2.05, 4.69) is 11.4 Å². The molecule has 0 unspecified atom stereocenters. The standard InChI is InChI=1S/C20H23NO4/c1-14-10-15(2)12-18(11-14)25-9-8-19(22)21-17-5-3-4-16(13-17)6-7-20(23)24/h3-5,10-13H,6-9H2,1-2H3,(H,21,22)(H,23,24). The molecule has 0 atom stereocenters. The molecule has 0 aliphatic carbocycles. The summed E-state index contributed by atoms with van der Waals surface area (Å²) in [6.07, 6.45) is 0.752. The monoisotopic (exact) mass is 341 g/mol. The van der Waals surface area contributed by atoms with Gasteiger partial charge in [0.05, 0.1) is 13.0 Å². The smallest absolute Gasteiger partial charge is 0.303 e. The first-order valence-electron chi connectivity index (χ1n) is 8.24. The maximum atomic E-state index is 12.0. The number of nitrogens with one attached hydrogen (secondary N) is 1. The first-order chi connectivity index (χ1) is 11.9. The number of carbonyl (C=O) groups excluding carboxylic acids is 1. The highest BCUT2D eigenvalue weighted by molar-refractivity contribution is 5.90. The maximum Gasteiger partial charge on any atom is 0.303 e. The van der Waals surface area contributed by atoms with Crippen LogP contribution in [0.5, 0.6) is 5.75 Å². The molecule has 0 aliphatic heterocycles. The molecule has 2 aromatic rings. The number of anilines is 1. The molecule has 2 rings (SSSR count). The molecule has 5 heteroatoms. The second-order valence-electron chi connectivity index (χ2n) is 6.06. The van der Waals surface area contributed by atoms with Crippen LogP contribution in [0.1, 0.15) is 29.5 Å². The van der Waals surface area contributed by atoms with Crippen molar-refractivity contribution >= 4 is 17.6 Å². The fourth-order valence-corrected chi connectivity index (χ4v) is 2.56. The van der Waals surface area contributed by atoms with Crippen LogP contribution in [0.2, 0.25) is 0 Å². The molecule has 0 saturated heterocycles. The molecule has 0 fully saturated rings. The Bertz CT molecular complexity index is 735. The minimum atomic E-state index is -0.835. The van der Waals surface area contributed by atoms with Crippen LogP contribution >= 0.6 is 0 Å². The molecule has 2 aromatic carbocycles. The molecule has 0 bridgehead atoms. The number of carboxylic acids is 1. The molecule has 25 heavy (non-hydrogen) atoms. The highest BCUT2D eigenvalue weighted by atomic mass is 16.5. The number of aliphatic carboxylic acids is 1. The lowest BCUT2D eigenvalue weighted by atomic mass is 10.1. The molecule has 1 amide bonds. The lowest BCUT2D eigenvalue weighted by Crippen LogP contribution is -2.15. The Morgan fingerprint density at radius 1 is 1.04 bits per heavy atom. The van der Waals surface area contributed by atoms with E-state index in [0.717, 1.165) is 22.4 Å². The van der Waals surface area contributed by atoms with Gasteiger partial charge in [-0.15, -0.1) is 0 Å². The highest BCUT2D eigenvalue weighted by Gasteiger charge is 2.05. The highest BCUT2D eigenvalue weighted by Crippen LogP contribution is 2.17. The van der Waals surface area contributed by atoms with E-state index in [4.69, 9.17) is 9.84 Å². The average molecular weight is 341 g/mol. The van der Waals surface area contributed by atoms with E-state index in [0.29, 0.717) is 18.7 Å². The summed E-state index contributed by atoms with van der Waals surface area (Å²) in [5, 5.41) is 11.5. The zero-order valence-corrected chi connectivity index (χ0v) is 14.5. The average Bonchev–Trinajstić information content (AvgIpc) is 2.52. The SMILES string of the molecule is Cc1cc(C)cc(OCCC(=O)Nc2cccc(CCC(=O)O)c2)c1. The van der Waals surface area contributed by atoms with Crippen LogP contribution in [0, 0.1) is 13.8 Å². The van der Waals surface area contributed by atoms with Crippen molar-refractivity contribution in [2.45, 2.75) is 33.1 Å². The Morgan fingerprint density at radius 2 is 1.76 bits per heavy atom. The van der Waals surface area contributed by atoms with Crippen LogP contribution in [0.25, 0.3) is 0 Å². The Morgan fingerprint density at radius 3 is 2.44 bits per heavy atom. The summed E-state index contributed by atoms with van der Waals surface area (Å²) < 4.78 is 5.64. The van der Waals surface area contributed by atoms with E-state index >= 15 is 0 Å². The number of ether oxygens (including phenoxy) is 1. The van der Waals surface area contributed by atoms with Crippen molar-refractivity contribution in [1.29, 1.82) is 0 Å². The van der Waals surface area contributed by atoms with Crippen LogP contribution in [-0.4, -0.2) is 23.6 Å². The van der Waals surface area contributed by atoms with E-state index in [1.807, 2.05) is 32.0 Å². The van der Waals surface area contributed by atoms with Gasteiger partial charge in [-0.25, -0.2) is 0 Å². The van der Waals surface area contributed by atoms with Gasteiger partial charge in [-0.05, 0) is 61.2 Å². The second-order valence-corrected chi connectivity index (χ2v) is 6.06. The molecule has 0 heterocycles. The lowest BCUT2D eigenvalue weighted by Gasteiger charge is -2.09. The van der Waals surface area contributed by atoms with Gasteiger partial charge < -0.3 is 15.2 Å². The van der Waals surface area contributed by atoms with Gasteiger partial charge in [0, 0.05) is 12.1 Å². The number of benzene rings is 2. The molecular formula is C20H23NO4. The molecule has 2 N–H and O–H groups in total. The summed E-state index contributed by atoms with van der Waals surface area (Å²) >= 11 is 0. The third-order valence-electron chi connectivity index (χ3n) is 3.63. The van der Waals surface area contributed by atoms with E-state index < -0.39 is 5.97 Å². The van der Waals surface area contributed by atoms with Crippen LogP contribution in [0.3, 0.4) is 0 Å². The van der Waals surface area contributed by atoms with Crippen molar-refractivity contribution in [3.8, 4) is 5.75 Å². The predicted octanol–water partition coefficient (Wildman–Crippen LogP) is 3.73. The third kappa shape index (κ3) is 6.67. The van der Waals surface area contributed by atoms with Crippen LogP contribution in [-0.2, 0) is 16.0 Å². The largest absolute Gasteiger partial charge is 0.493 e. The number of aryl methyl sites for hydroxylation is 3. The number of carboxylic acid groups (broad SMARTS) is 1. The van der Waals surface area contributed by atoms with Crippen molar-refractivity contribution in [2.24, 2.45) is 0 Å². The van der Waals surface area contributed by atoms with Gasteiger partial charge in [-0.1, -0.05) is 18.2 Å². The molecule has 0 aromatic heterocycles. The molecule has 0 saturated carbocycles. The topological polar surface area (TPSA) is 75.6 Å². The summed E-state index contributed by atoms with van der Waals surface area (Å²) in [6.45, 7) is 4.31. The summed E-state index contributed by atoms with van der Waals surface area (Å²) in [6, 6.07) is 13.2. The molecule has 0 spiro atoms. The molecular weight excluding hydrogens is 318 g/mol. The third-order valence-corrected chi connectivity index (χ3v) is 3.63. The van der Waals surface area contributed by atoms with Gasteiger partial charge in [0.25, 0.3) is 0 Å². The van der Waals surface area contributed by atoms with Crippen molar-refractivity contribution in [1.82, 2.24) is 0 Å². The number of carbonyl (C=O) groups is 2. The predicted molar refractivity (Wildman–Crippen MR) is 97.1 cm³/mol. The Labute approximate surface area is 147 Å². The van der Waals surface area contributed by atoms with E-state index in [1.165, 1.54) is 0 Å². The molecule has 132 valence electrons. The zero-order chi connectivity index (χ0) is 18.2. The minimum absolute atomic E-state index is 0.0706. The second kappa shape index (κ2) is 8.87. The van der Waals surface area contributed by atoms with Gasteiger partial charge in [-0.3, -0.25) is 9.59 Å². The van der Waals surface area contributed by atoms with E-state index in [-0.39, 0.29) is 18.7 Å². The van der Waals surface area contributed by atoms with Crippen LogP contribution < -0.4 is 10.1 Å². The fourth-order valence-electron chi connectivity index (χ4n) is 2.56. The van der Waals surface area contributed by atoms with Gasteiger partial charge in [0.15, 0.2) is 0 Å². The Hall–Kier alpha value is -2.82. The first-order valence-corrected chi connectivity index (χ1v) is 8.24. The number of hydrogen-bond acceptors (Lipinski definition) is 3. The van der Waals surface area contributed by atoms with Gasteiger partial charge in [-0.2, -0.15) is 0 Å². The molecule has 0 radical (unpaired) electrons. The maximum absolute atomic E-state index is 12.0. The molecule has 5 nitrogen and oxygen atoms in total. The van der Waals surface area contributed by atoms with Gasteiger partial charge in [0.1, 0.15) is 5.75 Å². The molecule has 0 aliphatic rings. The normalized spacial score (nSPS) is 10.3. The Balaban J connectivity index is 1.81. The zero-order valence-electron chi connectivity index (χ0n) is 14.5. The summed E-state index contributed by atoms with van der Waals surface area (Å²) in [4.78, 5) is 22.7. The number of amides is 1. The van der Waals surface area contributed by atoms with Crippen molar-refractivity contribution < 1.29 is 19.4 Å². The van der Waals surface area contributed by atoms with Crippen molar-refractivity contribution in [2.75, 3.05) is 11.9 Å². The van der Waals surface area contributed by atoms with Crippen molar-refractivity contribution in [3.05, 3.63) is 59.2 Å². The number of rotatable bonds is 8. The fraction of sp³-hybridized carbons (Fsp3) is 0.300. The summed E-state index contributed by atoms with van der Waals surface area (Å²) in [5.74, 6) is -0.210. The van der Waals surface area contributed by atoms with Gasteiger partial charge in [0.2, 0.25) is 5.91 Å². The van der Waals surface area contributed by atoms with Crippen LogP contribution in [0.4, 0.5) is 5.69 Å². The lowest BCUT2D eigenvalue weighted by molar-refractivity contribution is -0.137. The minimum Gasteiger partial charge on any atom is -0.493 e. The Kier molecular flexibility index (Phi) is 6.57. The van der Waals surface area contributed by atoms with Gasteiger partial charge >= 0.3 is 5.97 Å². The summed E-state index contributed by atoms with van der Waals surface area (Å²) in [7, 11) is 0. The number of hydrogen-bond donors (Lipinski definition) is 2. The first kappa shape index (κ1) is 18.5. The summed E-state index contributed by atoms with van der Waals surface area (Å²) in [5.41, 5.74) is 3.79. The van der Waals surface area contributed by atoms with Crippen molar-refractivity contribution in [3.63, 3.8) is 0 Å². The van der Waals surface area contributed by atoms with E-state index in [1.54, 1.807) is 18.2 Å². The van der Waals surface area contributed by atoms with E-state index in [9.17, 15) is 9.59 Å². The quantitative estimate of drug-likeness (QED) is 0.767.